The maximum absolute atomic E-state index is 10.8. The summed E-state index contributed by atoms with van der Waals surface area (Å²) in [7, 11) is 0. The molecule has 1 aromatic carbocycles. The van der Waals surface area contributed by atoms with E-state index < -0.39 is 6.23 Å². The lowest BCUT2D eigenvalue weighted by atomic mass is 10.0. The van der Waals surface area contributed by atoms with Gasteiger partial charge in [-0.2, -0.15) is 0 Å². The maximum atomic E-state index is 10.8. The van der Waals surface area contributed by atoms with E-state index >= 15 is 0 Å². The minimum Gasteiger partial charge on any atom is -0.464 e. The first kappa shape index (κ1) is 18.0. The molecular formula is C21H20N4O3S. The molecule has 0 fully saturated rings. The minimum atomic E-state index is -0.985. The first-order chi connectivity index (χ1) is 14.2. The van der Waals surface area contributed by atoms with Gasteiger partial charge in [0, 0.05) is 22.3 Å². The molecule has 3 aromatic heterocycles. The van der Waals surface area contributed by atoms with Gasteiger partial charge in [0.25, 0.3) is 0 Å². The summed E-state index contributed by atoms with van der Waals surface area (Å²) in [5.41, 5.74) is 13.7. The first-order valence-electron chi connectivity index (χ1n) is 9.38. The topological polar surface area (TPSA) is 117 Å². The molecule has 1 aliphatic carbocycles. The number of pyridine rings is 1. The summed E-state index contributed by atoms with van der Waals surface area (Å²) < 4.78 is 5.71. The highest BCUT2D eigenvalue weighted by Gasteiger charge is 2.27. The Hall–Kier alpha value is -3.07. The predicted octanol–water partition coefficient (Wildman–Crippen LogP) is 4.53. The number of aliphatic hydroxyl groups is 1. The second kappa shape index (κ2) is 7.07. The predicted molar refractivity (Wildman–Crippen MR) is 114 cm³/mol. The van der Waals surface area contributed by atoms with Crippen molar-refractivity contribution in [3.63, 3.8) is 0 Å². The summed E-state index contributed by atoms with van der Waals surface area (Å²) in [6.07, 6.45) is 3.64. The van der Waals surface area contributed by atoms with E-state index in [1.807, 2.05) is 12.1 Å². The Kier molecular flexibility index (Phi) is 4.39. The number of fused-ring (bicyclic) bond motifs is 2. The molecule has 5 rings (SSSR count). The summed E-state index contributed by atoms with van der Waals surface area (Å²) in [6.45, 7) is 0. The number of nitrogens with two attached hydrogens (primary N) is 1. The molecule has 29 heavy (non-hydrogen) atoms. The number of furan rings is 1. The van der Waals surface area contributed by atoms with Crippen molar-refractivity contribution in [3.8, 4) is 11.3 Å². The van der Waals surface area contributed by atoms with Crippen molar-refractivity contribution >= 4 is 38.6 Å². The van der Waals surface area contributed by atoms with Gasteiger partial charge < -0.3 is 20.6 Å². The molecule has 148 valence electrons. The molecule has 1 atom stereocenters. The highest BCUT2D eigenvalue weighted by atomic mass is 32.1. The Morgan fingerprint density at radius 3 is 2.66 bits per heavy atom. The van der Waals surface area contributed by atoms with Crippen molar-refractivity contribution in [3.05, 3.63) is 58.8 Å². The van der Waals surface area contributed by atoms with E-state index in [2.05, 4.69) is 10.8 Å². The Balaban J connectivity index is 1.59. The Morgan fingerprint density at radius 1 is 1.14 bits per heavy atom. The second-order valence-corrected chi connectivity index (χ2v) is 8.07. The molecule has 6 N–H and O–H groups in total. The third kappa shape index (κ3) is 3.02. The van der Waals surface area contributed by atoms with Gasteiger partial charge >= 0.3 is 0 Å². The highest BCUT2D eigenvalue weighted by Crippen LogP contribution is 2.45. The SMILES string of the molecule is Nc1c(C(O)Nc2ccc(NO)cc2)sc2nc3c(c(-c4ccco4)c12)CCC3. The van der Waals surface area contributed by atoms with Crippen LogP contribution in [-0.2, 0) is 12.8 Å². The van der Waals surface area contributed by atoms with Gasteiger partial charge in [-0.15, -0.1) is 11.3 Å². The van der Waals surface area contributed by atoms with Crippen molar-refractivity contribution in [2.45, 2.75) is 25.5 Å². The zero-order valence-electron chi connectivity index (χ0n) is 15.5. The smallest absolute Gasteiger partial charge is 0.162 e. The van der Waals surface area contributed by atoms with Crippen molar-refractivity contribution in [2.24, 2.45) is 0 Å². The molecule has 0 amide bonds. The van der Waals surface area contributed by atoms with Crippen LogP contribution >= 0.6 is 11.3 Å². The summed E-state index contributed by atoms with van der Waals surface area (Å²) in [6, 6.07) is 10.7. The molecule has 0 saturated carbocycles. The monoisotopic (exact) mass is 408 g/mol. The fourth-order valence-electron chi connectivity index (χ4n) is 3.92. The molecule has 0 spiro atoms. The van der Waals surface area contributed by atoms with E-state index in [-0.39, 0.29) is 0 Å². The quantitative estimate of drug-likeness (QED) is 0.243. The fraction of sp³-hybridized carbons (Fsp3) is 0.190. The Morgan fingerprint density at radius 2 is 1.93 bits per heavy atom. The molecule has 0 aliphatic heterocycles. The van der Waals surface area contributed by atoms with Crippen LogP contribution in [-0.4, -0.2) is 15.3 Å². The summed E-state index contributed by atoms with van der Waals surface area (Å²) in [4.78, 5) is 6.27. The van der Waals surface area contributed by atoms with E-state index in [9.17, 15) is 5.11 Å². The molecule has 0 bridgehead atoms. The molecule has 3 heterocycles. The van der Waals surface area contributed by atoms with Crippen LogP contribution < -0.4 is 16.5 Å². The molecule has 1 unspecified atom stereocenters. The van der Waals surface area contributed by atoms with E-state index in [1.54, 1.807) is 30.5 Å². The van der Waals surface area contributed by atoms with Crippen LogP contribution in [0, 0.1) is 0 Å². The lowest BCUT2D eigenvalue weighted by Gasteiger charge is -2.14. The van der Waals surface area contributed by atoms with Gasteiger partial charge in [0.2, 0.25) is 0 Å². The number of hydrogen-bond donors (Lipinski definition) is 5. The van der Waals surface area contributed by atoms with Gasteiger partial charge in [-0.1, -0.05) is 0 Å². The van der Waals surface area contributed by atoms with Gasteiger partial charge in [0.05, 0.1) is 22.5 Å². The standard InChI is InChI=1S/C21H20N4O3S/c22-18-17-16(15-5-2-10-28-15)13-3-1-4-14(13)24-21(17)29-19(18)20(26)23-11-6-8-12(25-27)9-7-11/h2,5-10,20,23,25-27H,1,3-4,22H2. The van der Waals surface area contributed by atoms with Crippen molar-refractivity contribution < 1.29 is 14.7 Å². The summed E-state index contributed by atoms with van der Waals surface area (Å²) >= 11 is 1.39. The molecular weight excluding hydrogens is 388 g/mol. The number of thiophene rings is 1. The van der Waals surface area contributed by atoms with Gasteiger partial charge in [0.1, 0.15) is 10.6 Å². The number of aliphatic hydroxyl groups excluding tert-OH is 1. The number of aryl methyl sites for hydroxylation is 1. The lowest BCUT2D eigenvalue weighted by molar-refractivity contribution is 0.213. The van der Waals surface area contributed by atoms with Crippen molar-refractivity contribution in [1.29, 1.82) is 0 Å². The average Bonchev–Trinajstić information content (AvgIpc) is 3.47. The van der Waals surface area contributed by atoms with Gasteiger partial charge in [-0.3, -0.25) is 10.7 Å². The number of nitrogens with one attached hydrogen (secondary N) is 2. The average molecular weight is 408 g/mol. The molecule has 0 radical (unpaired) electrons. The Bertz CT molecular complexity index is 1170. The Labute approximate surface area is 170 Å². The number of anilines is 3. The van der Waals surface area contributed by atoms with Crippen molar-refractivity contribution in [2.75, 3.05) is 16.5 Å². The molecule has 7 nitrogen and oxygen atoms in total. The summed E-state index contributed by atoms with van der Waals surface area (Å²) in [5, 5.41) is 23.6. The van der Waals surface area contributed by atoms with E-state index in [0.29, 0.717) is 21.9 Å². The molecule has 4 aromatic rings. The number of rotatable bonds is 5. The van der Waals surface area contributed by atoms with E-state index in [4.69, 9.17) is 20.3 Å². The maximum Gasteiger partial charge on any atom is 0.162 e. The van der Waals surface area contributed by atoms with Crippen LogP contribution in [0.25, 0.3) is 21.5 Å². The molecule has 0 saturated heterocycles. The zero-order chi connectivity index (χ0) is 20.0. The van der Waals surface area contributed by atoms with Crippen LogP contribution in [0.2, 0.25) is 0 Å². The van der Waals surface area contributed by atoms with Crippen LogP contribution in [0.15, 0.2) is 47.1 Å². The van der Waals surface area contributed by atoms with Crippen LogP contribution in [0.3, 0.4) is 0 Å². The molecule has 1 aliphatic rings. The van der Waals surface area contributed by atoms with Gasteiger partial charge in [-0.05, 0) is 61.2 Å². The number of nitrogens with zero attached hydrogens (tertiary/aromatic N) is 1. The lowest BCUT2D eigenvalue weighted by Crippen LogP contribution is -2.09. The normalized spacial score (nSPS) is 14.1. The minimum absolute atomic E-state index is 0.521. The zero-order valence-corrected chi connectivity index (χ0v) is 16.3. The van der Waals surface area contributed by atoms with Gasteiger partial charge in [0.15, 0.2) is 6.23 Å². The van der Waals surface area contributed by atoms with E-state index in [1.165, 1.54) is 16.9 Å². The van der Waals surface area contributed by atoms with E-state index in [0.717, 1.165) is 46.5 Å². The molecule has 8 heteroatoms. The third-order valence-corrected chi connectivity index (χ3v) is 6.42. The van der Waals surface area contributed by atoms with Crippen LogP contribution in [0.5, 0.6) is 0 Å². The number of benzene rings is 1. The highest BCUT2D eigenvalue weighted by molar-refractivity contribution is 7.19. The van der Waals surface area contributed by atoms with Gasteiger partial charge in [-0.25, -0.2) is 4.98 Å². The van der Waals surface area contributed by atoms with Crippen LogP contribution in [0.1, 0.15) is 28.8 Å². The van der Waals surface area contributed by atoms with Crippen LogP contribution in [0.4, 0.5) is 17.1 Å². The fourth-order valence-corrected chi connectivity index (χ4v) is 4.98. The number of nitrogen functional groups attached to an aromatic ring is 1. The number of hydrogen-bond acceptors (Lipinski definition) is 8. The van der Waals surface area contributed by atoms with Crippen molar-refractivity contribution in [1.82, 2.24) is 4.98 Å². The first-order valence-corrected chi connectivity index (χ1v) is 10.2. The third-order valence-electron chi connectivity index (χ3n) is 5.27. The summed E-state index contributed by atoms with van der Waals surface area (Å²) in [5.74, 6) is 0.779. The largest absolute Gasteiger partial charge is 0.464 e. The number of aromatic nitrogens is 1. The second-order valence-electron chi connectivity index (χ2n) is 7.04.